The minimum atomic E-state index is -0.512. The predicted octanol–water partition coefficient (Wildman–Crippen LogP) is 19.9. The maximum atomic E-state index is 2.51. The first-order chi connectivity index (χ1) is 36.7. The molecule has 3 aliphatic rings. The molecular formula is C73H55N. The lowest BCUT2D eigenvalue weighted by Crippen LogP contribution is -2.26. The number of hydrogen-bond acceptors (Lipinski definition) is 1. The van der Waals surface area contributed by atoms with Gasteiger partial charge in [0.05, 0.1) is 5.41 Å². The second-order valence-corrected chi connectivity index (χ2v) is 20.5. The number of rotatable bonds is 9. The Hall–Kier alpha value is -8.78. The molecule has 1 heteroatoms. The molecule has 0 radical (unpaired) electrons. The molecular weight excluding hydrogens is 891 g/mol. The maximum Gasteiger partial charge on any atom is 0.0726 e. The molecule has 1 spiro atoms. The minimum absolute atomic E-state index is 0.512. The van der Waals surface area contributed by atoms with E-state index in [1.807, 2.05) is 0 Å². The molecule has 1 saturated carbocycles. The second-order valence-electron chi connectivity index (χ2n) is 20.5. The molecule has 0 N–H and O–H groups in total. The topological polar surface area (TPSA) is 3.24 Å². The maximum absolute atomic E-state index is 2.51. The summed E-state index contributed by atoms with van der Waals surface area (Å²) in [6.07, 6.45) is 6.68. The lowest BCUT2D eigenvalue weighted by atomic mass is 9.70. The highest BCUT2D eigenvalue weighted by Gasteiger charge is 2.52. The molecule has 1 nitrogen and oxygen atoms in total. The summed E-state index contributed by atoms with van der Waals surface area (Å²) in [4.78, 5) is 2.47. The van der Waals surface area contributed by atoms with E-state index in [2.05, 4.69) is 272 Å². The van der Waals surface area contributed by atoms with E-state index in [-0.39, 0.29) is 0 Å². The van der Waals surface area contributed by atoms with Crippen molar-refractivity contribution in [3.8, 4) is 77.9 Å². The number of anilines is 3. The molecule has 3 aliphatic carbocycles. The quantitative estimate of drug-likeness (QED) is 0.139. The van der Waals surface area contributed by atoms with Gasteiger partial charge in [0.15, 0.2) is 0 Å². The fraction of sp³-hybridized carbons (Fsp3) is 0.0959. The normalized spacial score (nSPS) is 15.3. The van der Waals surface area contributed by atoms with E-state index in [9.17, 15) is 0 Å². The number of nitrogens with zero attached hydrogens (tertiary/aromatic N) is 1. The van der Waals surface area contributed by atoms with E-state index in [0.717, 1.165) is 17.1 Å². The molecule has 0 heterocycles. The highest BCUT2D eigenvalue weighted by Crippen LogP contribution is 2.64. The van der Waals surface area contributed by atoms with Gasteiger partial charge in [-0.15, -0.1) is 0 Å². The van der Waals surface area contributed by atoms with Crippen LogP contribution in [0, 0.1) is 0 Å². The van der Waals surface area contributed by atoms with Crippen LogP contribution in [0.15, 0.2) is 267 Å². The first-order valence-electron chi connectivity index (χ1n) is 26.6. The number of hydrogen-bond donors (Lipinski definition) is 0. The zero-order valence-corrected chi connectivity index (χ0v) is 41.5. The Morgan fingerprint density at radius 2 is 0.635 bits per heavy atom. The minimum Gasteiger partial charge on any atom is -0.310 e. The molecule has 74 heavy (non-hydrogen) atoms. The molecule has 14 rings (SSSR count). The molecule has 0 aromatic heterocycles. The van der Waals surface area contributed by atoms with Crippen molar-refractivity contribution >= 4 is 17.1 Å². The Kier molecular flexibility index (Phi) is 10.9. The Morgan fingerprint density at radius 3 is 1.20 bits per heavy atom. The van der Waals surface area contributed by atoms with Gasteiger partial charge in [0.2, 0.25) is 0 Å². The number of fused-ring (bicyclic) bond motifs is 10. The van der Waals surface area contributed by atoms with E-state index in [1.54, 1.807) is 0 Å². The van der Waals surface area contributed by atoms with Gasteiger partial charge in [-0.25, -0.2) is 0 Å². The monoisotopic (exact) mass is 945 g/mol. The molecule has 352 valence electrons. The summed E-state index contributed by atoms with van der Waals surface area (Å²) in [5, 5.41) is 0. The standard InChI is InChI=1S/C73H55N/c1-4-18-50(19-5-1)52-32-34-53(35-33-52)54-36-41-58(42-37-54)74(59-43-38-56(39-44-59)62-25-11-13-27-64(62)63-26-12-10-24-61(63)55-22-8-3-9-23-55)60-45-47-68-66-29-15-17-31-70(66)73(72(68)49-60)69-30-16-14-28-65(69)67-46-40-57(48-71(67)73)51-20-6-2-7-21-51/h2-3,6-17,20-50H,1,4-5,18-19H2. The van der Waals surface area contributed by atoms with Crippen LogP contribution in [-0.2, 0) is 5.41 Å². The van der Waals surface area contributed by atoms with Crippen LogP contribution in [0.1, 0.15) is 65.8 Å². The summed E-state index contributed by atoms with van der Waals surface area (Å²) in [5.74, 6) is 0.690. The SMILES string of the molecule is c1ccc(-c2ccc3c(c2)C2(c4ccccc4-3)c3ccccc3-c3ccc(N(c4ccc(-c5ccc(C6CCCCC6)cc5)cc4)c4ccc(-c5ccccc5-c5ccccc5-c5ccccc5)cc4)cc32)cc1. The van der Waals surface area contributed by atoms with Crippen LogP contribution in [0.4, 0.5) is 17.1 Å². The molecule has 11 aromatic carbocycles. The fourth-order valence-electron chi connectivity index (χ4n) is 13.1. The highest BCUT2D eigenvalue weighted by atomic mass is 15.1. The van der Waals surface area contributed by atoms with Crippen LogP contribution in [0.2, 0.25) is 0 Å². The van der Waals surface area contributed by atoms with Crippen molar-refractivity contribution in [3.63, 3.8) is 0 Å². The van der Waals surface area contributed by atoms with Crippen LogP contribution >= 0.6 is 0 Å². The predicted molar refractivity (Wildman–Crippen MR) is 310 cm³/mol. The van der Waals surface area contributed by atoms with Gasteiger partial charge in [-0.1, -0.05) is 244 Å². The van der Waals surface area contributed by atoms with E-state index in [4.69, 9.17) is 0 Å². The van der Waals surface area contributed by atoms with Crippen molar-refractivity contribution in [2.75, 3.05) is 4.90 Å². The smallest absolute Gasteiger partial charge is 0.0726 e. The summed E-state index contributed by atoms with van der Waals surface area (Å²) < 4.78 is 0. The molecule has 0 saturated heterocycles. The van der Waals surface area contributed by atoms with Gasteiger partial charge in [0.1, 0.15) is 0 Å². The van der Waals surface area contributed by atoms with Crippen LogP contribution < -0.4 is 4.90 Å². The lowest BCUT2D eigenvalue weighted by molar-refractivity contribution is 0.443. The molecule has 1 unspecified atom stereocenters. The van der Waals surface area contributed by atoms with Gasteiger partial charge in [-0.05, 0) is 167 Å². The van der Waals surface area contributed by atoms with Gasteiger partial charge >= 0.3 is 0 Å². The average Bonchev–Trinajstić information content (AvgIpc) is 4.00. The van der Waals surface area contributed by atoms with Crippen LogP contribution in [0.25, 0.3) is 77.9 Å². The Bertz CT molecular complexity index is 3830. The molecule has 11 aromatic rings. The summed E-state index contributed by atoms with van der Waals surface area (Å²) in [7, 11) is 0. The zero-order chi connectivity index (χ0) is 49.0. The summed E-state index contributed by atoms with van der Waals surface area (Å²) >= 11 is 0. The number of benzene rings is 11. The van der Waals surface area contributed by atoms with Gasteiger partial charge in [0.25, 0.3) is 0 Å². The van der Waals surface area contributed by atoms with Gasteiger partial charge in [0, 0.05) is 17.1 Å². The molecule has 0 aliphatic heterocycles. The fourth-order valence-corrected chi connectivity index (χ4v) is 13.1. The Morgan fingerprint density at radius 1 is 0.257 bits per heavy atom. The van der Waals surface area contributed by atoms with E-state index < -0.39 is 5.41 Å². The third-order valence-electron chi connectivity index (χ3n) is 16.6. The van der Waals surface area contributed by atoms with E-state index in [0.29, 0.717) is 5.92 Å². The van der Waals surface area contributed by atoms with Crippen molar-refractivity contribution in [2.24, 2.45) is 0 Å². The van der Waals surface area contributed by atoms with Crippen LogP contribution in [0.3, 0.4) is 0 Å². The zero-order valence-electron chi connectivity index (χ0n) is 41.5. The summed E-state index contributed by atoms with van der Waals surface area (Å²) in [6, 6.07) is 99.9. The van der Waals surface area contributed by atoms with Crippen molar-refractivity contribution < 1.29 is 0 Å². The molecule has 1 fully saturated rings. The lowest BCUT2D eigenvalue weighted by Gasteiger charge is -2.32. The van der Waals surface area contributed by atoms with Crippen molar-refractivity contribution in [1.82, 2.24) is 0 Å². The first kappa shape index (κ1) is 44.0. The van der Waals surface area contributed by atoms with Crippen molar-refractivity contribution in [2.45, 2.75) is 43.4 Å². The van der Waals surface area contributed by atoms with E-state index in [1.165, 1.54) is 138 Å². The van der Waals surface area contributed by atoms with Gasteiger partial charge in [-0.2, -0.15) is 0 Å². The van der Waals surface area contributed by atoms with Crippen LogP contribution in [0.5, 0.6) is 0 Å². The molecule has 0 amide bonds. The van der Waals surface area contributed by atoms with Crippen LogP contribution in [-0.4, -0.2) is 0 Å². The third kappa shape index (κ3) is 7.29. The van der Waals surface area contributed by atoms with Crippen molar-refractivity contribution in [3.05, 3.63) is 295 Å². The summed E-state index contributed by atoms with van der Waals surface area (Å²) in [6.45, 7) is 0. The third-order valence-corrected chi connectivity index (χ3v) is 16.6. The largest absolute Gasteiger partial charge is 0.310 e. The Labute approximate surface area is 435 Å². The highest BCUT2D eigenvalue weighted by molar-refractivity contribution is 5.98. The van der Waals surface area contributed by atoms with Crippen molar-refractivity contribution in [1.29, 1.82) is 0 Å². The summed E-state index contributed by atoms with van der Waals surface area (Å²) in [5.41, 5.74) is 27.0. The van der Waals surface area contributed by atoms with Gasteiger partial charge in [-0.3, -0.25) is 0 Å². The second kappa shape index (κ2) is 18.4. The van der Waals surface area contributed by atoms with Gasteiger partial charge < -0.3 is 4.90 Å². The average molecular weight is 946 g/mol. The first-order valence-corrected chi connectivity index (χ1v) is 26.6. The molecule has 0 bridgehead atoms. The van der Waals surface area contributed by atoms with E-state index >= 15 is 0 Å². The molecule has 1 atom stereocenters. The Balaban J connectivity index is 0.918.